The van der Waals surface area contributed by atoms with Crippen LogP contribution in [-0.4, -0.2) is 33.6 Å². The Kier molecular flexibility index (Phi) is 4.93. The summed E-state index contributed by atoms with van der Waals surface area (Å²) in [5.74, 6) is 0.403. The van der Waals surface area contributed by atoms with E-state index in [-0.39, 0.29) is 10.8 Å². The standard InChI is InChI=1S/C18H16ClFN6O2/c19-13-8-10(2-3-14(13)20)26-17(25-28-18(26)27)11-4-7-23-16-12(11)9-15(24-16)22-6-1-5-21/h2-4,7-8H,1,5-6,9,21H2,(H,22,23,24). The number of anilines is 1. The van der Waals surface area contributed by atoms with Gasteiger partial charge < -0.3 is 11.1 Å². The minimum atomic E-state index is -0.703. The van der Waals surface area contributed by atoms with Crippen LogP contribution in [0.4, 0.5) is 10.2 Å². The van der Waals surface area contributed by atoms with Gasteiger partial charge in [0.05, 0.1) is 10.7 Å². The van der Waals surface area contributed by atoms with E-state index in [2.05, 4.69) is 20.4 Å². The maximum Gasteiger partial charge on any atom is 0.446 e. The minimum absolute atomic E-state index is 0.104. The first-order valence-corrected chi connectivity index (χ1v) is 8.99. The first kappa shape index (κ1) is 18.3. The van der Waals surface area contributed by atoms with Crippen molar-refractivity contribution >= 4 is 23.3 Å². The Morgan fingerprint density at radius 2 is 2.25 bits per heavy atom. The van der Waals surface area contributed by atoms with Crippen molar-refractivity contribution in [2.45, 2.75) is 12.8 Å². The zero-order valence-corrected chi connectivity index (χ0v) is 15.4. The fraction of sp³-hybridized carbons (Fsp3) is 0.222. The molecular weight excluding hydrogens is 387 g/mol. The number of hydrogen-bond donors (Lipinski definition) is 2. The van der Waals surface area contributed by atoms with E-state index in [0.717, 1.165) is 17.8 Å². The summed E-state index contributed by atoms with van der Waals surface area (Å²) >= 11 is 5.87. The quantitative estimate of drug-likeness (QED) is 0.634. The van der Waals surface area contributed by atoms with Crippen LogP contribution >= 0.6 is 11.6 Å². The highest BCUT2D eigenvalue weighted by atomic mass is 35.5. The second-order valence-corrected chi connectivity index (χ2v) is 6.57. The van der Waals surface area contributed by atoms with E-state index < -0.39 is 11.6 Å². The Morgan fingerprint density at radius 3 is 3.04 bits per heavy atom. The molecule has 0 spiro atoms. The lowest BCUT2D eigenvalue weighted by molar-refractivity contribution is 0.383. The van der Waals surface area contributed by atoms with Crippen LogP contribution in [0.5, 0.6) is 0 Å². The Bertz CT molecular complexity index is 1120. The Labute approximate surface area is 163 Å². The number of aliphatic imine (C=N–C) groups is 1. The van der Waals surface area contributed by atoms with Crippen molar-refractivity contribution in [3.8, 4) is 17.1 Å². The molecular formula is C18H16ClFN6O2. The Morgan fingerprint density at radius 1 is 1.39 bits per heavy atom. The summed E-state index contributed by atoms with van der Waals surface area (Å²) in [4.78, 5) is 21.1. The third-order valence-electron chi connectivity index (χ3n) is 4.33. The molecule has 1 aliphatic heterocycles. The van der Waals surface area contributed by atoms with Gasteiger partial charge in [-0.05, 0) is 37.2 Å². The van der Waals surface area contributed by atoms with Gasteiger partial charge in [0.25, 0.3) is 0 Å². The van der Waals surface area contributed by atoms with E-state index in [1.54, 1.807) is 12.3 Å². The van der Waals surface area contributed by atoms with Gasteiger partial charge >= 0.3 is 5.76 Å². The number of amidine groups is 1. The smallest absolute Gasteiger partial charge is 0.330 e. The molecule has 0 fully saturated rings. The molecule has 0 saturated carbocycles. The molecule has 3 aromatic rings. The molecule has 1 aromatic carbocycles. The zero-order chi connectivity index (χ0) is 19.7. The molecule has 28 heavy (non-hydrogen) atoms. The van der Waals surface area contributed by atoms with E-state index in [4.69, 9.17) is 21.9 Å². The van der Waals surface area contributed by atoms with Gasteiger partial charge in [-0.3, -0.25) is 9.52 Å². The third-order valence-corrected chi connectivity index (χ3v) is 4.62. The SMILES string of the molecule is NCCCN=C1Cc2c(-c3noc(=O)n3-c3ccc(F)c(Cl)c3)ccnc2N1. The summed E-state index contributed by atoms with van der Waals surface area (Å²) in [6.45, 7) is 1.18. The zero-order valence-electron chi connectivity index (χ0n) is 14.7. The molecule has 0 amide bonds. The van der Waals surface area contributed by atoms with Crippen molar-refractivity contribution in [1.82, 2.24) is 14.7 Å². The van der Waals surface area contributed by atoms with Crippen molar-refractivity contribution in [1.29, 1.82) is 0 Å². The molecule has 2 aromatic heterocycles. The lowest BCUT2D eigenvalue weighted by Crippen LogP contribution is -2.13. The summed E-state index contributed by atoms with van der Waals surface area (Å²) in [7, 11) is 0. The van der Waals surface area contributed by atoms with Gasteiger partial charge in [0.1, 0.15) is 17.5 Å². The molecule has 0 aliphatic carbocycles. The van der Waals surface area contributed by atoms with Gasteiger partial charge in [-0.2, -0.15) is 0 Å². The predicted octanol–water partition coefficient (Wildman–Crippen LogP) is 2.40. The van der Waals surface area contributed by atoms with Crippen LogP contribution in [0.15, 0.2) is 44.8 Å². The van der Waals surface area contributed by atoms with Crippen LogP contribution in [0.25, 0.3) is 17.1 Å². The minimum Gasteiger partial charge on any atom is -0.330 e. The van der Waals surface area contributed by atoms with Gasteiger partial charge in [-0.1, -0.05) is 16.8 Å². The van der Waals surface area contributed by atoms with Crippen LogP contribution in [0, 0.1) is 5.82 Å². The van der Waals surface area contributed by atoms with E-state index in [1.807, 2.05) is 0 Å². The molecule has 0 radical (unpaired) electrons. The highest BCUT2D eigenvalue weighted by Crippen LogP contribution is 2.32. The molecule has 1 aliphatic rings. The van der Waals surface area contributed by atoms with E-state index >= 15 is 0 Å². The molecule has 8 nitrogen and oxygen atoms in total. The molecule has 0 atom stereocenters. The molecule has 10 heteroatoms. The number of nitrogens with zero attached hydrogens (tertiary/aromatic N) is 4. The Hall–Kier alpha value is -3.04. The molecule has 3 N–H and O–H groups in total. The van der Waals surface area contributed by atoms with Gasteiger partial charge in [0.2, 0.25) is 0 Å². The van der Waals surface area contributed by atoms with Gasteiger partial charge in [0, 0.05) is 30.3 Å². The highest BCUT2D eigenvalue weighted by molar-refractivity contribution is 6.30. The number of aromatic nitrogens is 3. The lowest BCUT2D eigenvalue weighted by Gasteiger charge is -2.08. The van der Waals surface area contributed by atoms with Crippen molar-refractivity contribution in [3.05, 3.63) is 57.4 Å². The number of pyridine rings is 1. The van der Waals surface area contributed by atoms with Crippen molar-refractivity contribution < 1.29 is 8.91 Å². The second-order valence-electron chi connectivity index (χ2n) is 6.16. The summed E-state index contributed by atoms with van der Waals surface area (Å²) < 4.78 is 19.6. The van der Waals surface area contributed by atoms with Gasteiger partial charge in [-0.25, -0.2) is 18.7 Å². The third kappa shape index (κ3) is 3.30. The molecule has 3 heterocycles. The summed E-state index contributed by atoms with van der Waals surface area (Å²) in [5, 5.41) is 6.98. The summed E-state index contributed by atoms with van der Waals surface area (Å²) in [6.07, 6.45) is 2.90. The van der Waals surface area contributed by atoms with Crippen LogP contribution < -0.4 is 16.8 Å². The van der Waals surface area contributed by atoms with E-state index in [1.165, 1.54) is 22.8 Å². The number of fused-ring (bicyclic) bond motifs is 1. The second kappa shape index (κ2) is 7.53. The van der Waals surface area contributed by atoms with Crippen LogP contribution in [0.3, 0.4) is 0 Å². The lowest BCUT2D eigenvalue weighted by atomic mass is 10.1. The summed E-state index contributed by atoms with van der Waals surface area (Å²) in [6, 6.07) is 5.70. The average molecular weight is 403 g/mol. The normalized spacial score (nSPS) is 14.3. The monoisotopic (exact) mass is 402 g/mol. The topological polar surface area (TPSA) is 111 Å². The van der Waals surface area contributed by atoms with Crippen LogP contribution in [-0.2, 0) is 6.42 Å². The van der Waals surface area contributed by atoms with Gasteiger partial charge in [0.15, 0.2) is 5.82 Å². The first-order valence-electron chi connectivity index (χ1n) is 8.61. The van der Waals surface area contributed by atoms with E-state index in [0.29, 0.717) is 36.6 Å². The number of benzene rings is 1. The Balaban J connectivity index is 1.77. The molecule has 0 unspecified atom stereocenters. The number of rotatable bonds is 5. The van der Waals surface area contributed by atoms with Crippen LogP contribution in [0.2, 0.25) is 5.02 Å². The number of hydrogen-bond acceptors (Lipinski definition) is 6. The maximum absolute atomic E-state index is 13.5. The fourth-order valence-electron chi connectivity index (χ4n) is 3.01. The average Bonchev–Trinajstić information content (AvgIpc) is 3.27. The van der Waals surface area contributed by atoms with Crippen molar-refractivity contribution in [2.24, 2.45) is 10.7 Å². The number of nitrogens with two attached hydrogens (primary N) is 1. The maximum atomic E-state index is 13.5. The molecule has 4 rings (SSSR count). The molecule has 144 valence electrons. The number of halogens is 2. The largest absolute Gasteiger partial charge is 0.446 e. The first-order chi connectivity index (χ1) is 13.6. The molecule has 0 bridgehead atoms. The molecule has 0 saturated heterocycles. The number of nitrogens with one attached hydrogen (secondary N) is 1. The summed E-state index contributed by atoms with van der Waals surface area (Å²) in [5.41, 5.74) is 7.35. The van der Waals surface area contributed by atoms with Crippen molar-refractivity contribution in [3.63, 3.8) is 0 Å². The fourth-order valence-corrected chi connectivity index (χ4v) is 3.18. The highest BCUT2D eigenvalue weighted by Gasteiger charge is 2.25. The van der Waals surface area contributed by atoms with E-state index in [9.17, 15) is 9.18 Å². The van der Waals surface area contributed by atoms with Crippen molar-refractivity contribution in [2.75, 3.05) is 18.4 Å². The predicted molar refractivity (Wildman–Crippen MR) is 104 cm³/mol. The van der Waals surface area contributed by atoms with Gasteiger partial charge in [-0.15, -0.1) is 0 Å². The van der Waals surface area contributed by atoms with Crippen LogP contribution in [0.1, 0.15) is 12.0 Å².